The van der Waals surface area contributed by atoms with E-state index in [0.29, 0.717) is 13.0 Å². The minimum absolute atomic E-state index is 0.115. The third kappa shape index (κ3) is 7.13. The molecule has 25 heavy (non-hydrogen) atoms. The number of aromatic hydroxyl groups is 1. The highest BCUT2D eigenvalue weighted by atomic mass is 32.2. The predicted molar refractivity (Wildman–Crippen MR) is 99.3 cm³/mol. The van der Waals surface area contributed by atoms with Gasteiger partial charge in [-0.15, -0.1) is 0 Å². The molecular formula is C18H24N2O4S. The van der Waals surface area contributed by atoms with Crippen molar-refractivity contribution in [2.45, 2.75) is 18.9 Å². The Morgan fingerprint density at radius 3 is 2.48 bits per heavy atom. The molecule has 7 heteroatoms. The molecule has 0 radical (unpaired) electrons. The third-order valence-corrected chi connectivity index (χ3v) is 4.23. The number of sulfonamides is 1. The van der Waals surface area contributed by atoms with E-state index < -0.39 is 16.1 Å². The van der Waals surface area contributed by atoms with E-state index in [1.54, 1.807) is 6.07 Å². The van der Waals surface area contributed by atoms with Crippen LogP contribution >= 0.6 is 0 Å². The Hall–Kier alpha value is -2.09. The number of aliphatic hydroxyl groups is 1. The maximum atomic E-state index is 11.3. The molecule has 6 nitrogen and oxygen atoms in total. The van der Waals surface area contributed by atoms with E-state index in [0.717, 1.165) is 24.8 Å². The van der Waals surface area contributed by atoms with E-state index in [2.05, 4.69) is 22.2 Å². The number of phenols is 1. The van der Waals surface area contributed by atoms with Crippen LogP contribution in [0.3, 0.4) is 0 Å². The van der Waals surface area contributed by atoms with E-state index in [9.17, 15) is 18.6 Å². The molecule has 0 fully saturated rings. The molecule has 0 aliphatic rings. The van der Waals surface area contributed by atoms with Crippen LogP contribution in [0.2, 0.25) is 0 Å². The zero-order chi connectivity index (χ0) is 18.3. The zero-order valence-electron chi connectivity index (χ0n) is 14.1. The molecule has 136 valence electrons. The lowest BCUT2D eigenvalue weighted by atomic mass is 10.1. The first-order valence-corrected chi connectivity index (χ1v) is 9.95. The molecule has 0 bridgehead atoms. The Kier molecular flexibility index (Phi) is 6.81. The fourth-order valence-corrected chi connectivity index (χ4v) is 3.04. The van der Waals surface area contributed by atoms with Crippen molar-refractivity contribution in [3.8, 4) is 5.75 Å². The summed E-state index contributed by atoms with van der Waals surface area (Å²) in [6, 6.07) is 14.7. The van der Waals surface area contributed by atoms with Crippen molar-refractivity contribution in [1.82, 2.24) is 5.32 Å². The summed E-state index contributed by atoms with van der Waals surface area (Å²) in [5.74, 6) is -0.148. The Bertz CT molecular complexity index is 779. The van der Waals surface area contributed by atoms with Gasteiger partial charge in [0, 0.05) is 6.54 Å². The van der Waals surface area contributed by atoms with Crippen LogP contribution in [0.1, 0.15) is 11.1 Å². The number of hydrogen-bond acceptors (Lipinski definition) is 5. The quantitative estimate of drug-likeness (QED) is 0.399. The minimum Gasteiger partial charge on any atom is -0.506 e. The average Bonchev–Trinajstić information content (AvgIpc) is 2.54. The predicted octanol–water partition coefficient (Wildman–Crippen LogP) is 1.50. The molecule has 0 spiro atoms. The van der Waals surface area contributed by atoms with Gasteiger partial charge >= 0.3 is 0 Å². The van der Waals surface area contributed by atoms with Crippen molar-refractivity contribution in [2.24, 2.45) is 0 Å². The first-order valence-electron chi connectivity index (χ1n) is 8.06. The standard InChI is InChI=1S/C18H24N2O4S/c1-25(23,24)20-17-12-15(7-8-18(17)22)11-16(21)13-19-10-9-14-5-3-2-4-6-14/h2-8,12,16,19-22H,9-11,13H2,1H3/t16-/m0/s1. The molecule has 0 aliphatic carbocycles. The smallest absolute Gasteiger partial charge is 0.229 e. The second-order valence-electron chi connectivity index (χ2n) is 6.02. The van der Waals surface area contributed by atoms with Crippen molar-refractivity contribution in [3.63, 3.8) is 0 Å². The molecule has 0 aliphatic heterocycles. The van der Waals surface area contributed by atoms with Gasteiger partial charge in [0.15, 0.2) is 0 Å². The first kappa shape index (κ1) is 19.2. The van der Waals surface area contributed by atoms with Crippen LogP contribution in [0, 0.1) is 0 Å². The lowest BCUT2D eigenvalue weighted by Crippen LogP contribution is -2.29. The van der Waals surface area contributed by atoms with Gasteiger partial charge in [-0.25, -0.2) is 8.42 Å². The summed E-state index contributed by atoms with van der Waals surface area (Å²) in [7, 11) is -3.47. The normalized spacial score (nSPS) is 12.7. The Morgan fingerprint density at radius 2 is 1.80 bits per heavy atom. The van der Waals surface area contributed by atoms with E-state index in [-0.39, 0.29) is 11.4 Å². The molecule has 0 heterocycles. The highest BCUT2D eigenvalue weighted by Crippen LogP contribution is 2.25. The summed E-state index contributed by atoms with van der Waals surface area (Å²) in [6.07, 6.45) is 1.66. The third-order valence-electron chi connectivity index (χ3n) is 3.64. The van der Waals surface area contributed by atoms with Crippen LogP contribution in [0.15, 0.2) is 48.5 Å². The SMILES string of the molecule is CS(=O)(=O)Nc1cc(C[C@H](O)CNCCc2ccccc2)ccc1O. The Labute approximate surface area is 148 Å². The Balaban J connectivity index is 1.81. The van der Waals surface area contributed by atoms with Gasteiger partial charge in [-0.05, 0) is 42.6 Å². The van der Waals surface area contributed by atoms with Gasteiger partial charge in [0.05, 0.1) is 18.0 Å². The lowest BCUT2D eigenvalue weighted by Gasteiger charge is -2.14. The summed E-state index contributed by atoms with van der Waals surface area (Å²) < 4.78 is 24.9. The van der Waals surface area contributed by atoms with Gasteiger partial charge in [-0.2, -0.15) is 0 Å². The molecule has 2 aromatic rings. The van der Waals surface area contributed by atoms with Gasteiger partial charge in [0.2, 0.25) is 10.0 Å². The lowest BCUT2D eigenvalue weighted by molar-refractivity contribution is 0.172. The minimum atomic E-state index is -3.47. The largest absolute Gasteiger partial charge is 0.506 e. The maximum Gasteiger partial charge on any atom is 0.229 e. The van der Waals surface area contributed by atoms with E-state index in [1.807, 2.05) is 18.2 Å². The topological polar surface area (TPSA) is 98.7 Å². The summed E-state index contributed by atoms with van der Waals surface area (Å²) >= 11 is 0. The van der Waals surface area contributed by atoms with Gasteiger partial charge in [0.25, 0.3) is 0 Å². The highest BCUT2D eigenvalue weighted by Gasteiger charge is 2.11. The van der Waals surface area contributed by atoms with Crippen molar-refractivity contribution in [1.29, 1.82) is 0 Å². The molecule has 2 aromatic carbocycles. The van der Waals surface area contributed by atoms with E-state index >= 15 is 0 Å². The van der Waals surface area contributed by atoms with Crippen LogP contribution in [0.25, 0.3) is 0 Å². The molecule has 0 amide bonds. The van der Waals surface area contributed by atoms with E-state index in [4.69, 9.17) is 0 Å². The van der Waals surface area contributed by atoms with Crippen molar-refractivity contribution in [2.75, 3.05) is 24.1 Å². The second-order valence-corrected chi connectivity index (χ2v) is 7.77. The zero-order valence-corrected chi connectivity index (χ0v) is 15.0. The number of nitrogens with one attached hydrogen (secondary N) is 2. The number of phenolic OH excluding ortho intramolecular Hbond substituents is 1. The monoisotopic (exact) mass is 364 g/mol. The van der Waals surface area contributed by atoms with Crippen molar-refractivity contribution >= 4 is 15.7 Å². The molecular weight excluding hydrogens is 340 g/mol. The molecule has 1 atom stereocenters. The number of hydrogen-bond donors (Lipinski definition) is 4. The summed E-state index contributed by atoms with van der Waals surface area (Å²) in [5.41, 5.74) is 2.09. The van der Waals surface area contributed by atoms with Crippen molar-refractivity contribution in [3.05, 3.63) is 59.7 Å². The summed E-state index contributed by atoms with van der Waals surface area (Å²) in [4.78, 5) is 0. The van der Waals surface area contributed by atoms with Crippen LogP contribution in [-0.2, 0) is 22.9 Å². The molecule has 0 saturated carbocycles. The van der Waals surface area contributed by atoms with Gasteiger partial charge < -0.3 is 15.5 Å². The van der Waals surface area contributed by atoms with Crippen LogP contribution in [0.5, 0.6) is 5.75 Å². The molecule has 0 saturated heterocycles. The summed E-state index contributed by atoms with van der Waals surface area (Å²) in [6.45, 7) is 1.19. The molecule has 2 rings (SSSR count). The van der Waals surface area contributed by atoms with Gasteiger partial charge in [-0.1, -0.05) is 36.4 Å². The van der Waals surface area contributed by atoms with Crippen LogP contribution < -0.4 is 10.0 Å². The summed E-state index contributed by atoms with van der Waals surface area (Å²) in [5, 5.41) is 23.0. The first-order chi connectivity index (χ1) is 11.8. The molecule has 0 aromatic heterocycles. The molecule has 0 unspecified atom stereocenters. The van der Waals surface area contributed by atoms with Crippen LogP contribution in [-0.4, -0.2) is 44.1 Å². The van der Waals surface area contributed by atoms with Crippen LogP contribution in [0.4, 0.5) is 5.69 Å². The number of benzene rings is 2. The maximum absolute atomic E-state index is 11.3. The molecule has 4 N–H and O–H groups in total. The fourth-order valence-electron chi connectivity index (χ4n) is 2.48. The van der Waals surface area contributed by atoms with Gasteiger partial charge in [0.1, 0.15) is 5.75 Å². The van der Waals surface area contributed by atoms with Gasteiger partial charge in [-0.3, -0.25) is 4.72 Å². The Morgan fingerprint density at radius 1 is 1.08 bits per heavy atom. The number of aliphatic hydroxyl groups excluding tert-OH is 1. The highest BCUT2D eigenvalue weighted by molar-refractivity contribution is 7.92. The second kappa shape index (κ2) is 8.84. The number of rotatable bonds is 9. The fraction of sp³-hybridized carbons (Fsp3) is 0.333. The van der Waals surface area contributed by atoms with E-state index in [1.165, 1.54) is 17.7 Å². The average molecular weight is 364 g/mol. The van der Waals surface area contributed by atoms with Crippen molar-refractivity contribution < 1.29 is 18.6 Å². The number of anilines is 1.